The lowest BCUT2D eigenvalue weighted by Crippen LogP contribution is -2.46. The van der Waals surface area contributed by atoms with Crippen molar-refractivity contribution >= 4 is 11.9 Å². The molecule has 344 valence electrons. The molecule has 0 aliphatic carbocycles. The quantitative estimate of drug-likeness (QED) is 0.0246. The van der Waals surface area contributed by atoms with Gasteiger partial charge in [-0.1, -0.05) is 217 Å². The Morgan fingerprint density at radius 2 is 0.932 bits per heavy atom. The third-order valence-electron chi connectivity index (χ3n) is 11.5. The van der Waals surface area contributed by atoms with Crippen molar-refractivity contribution < 1.29 is 24.5 Å². The van der Waals surface area contributed by atoms with Gasteiger partial charge in [-0.3, -0.25) is 9.59 Å². The Kier molecular flexibility index (Phi) is 45.1. The van der Waals surface area contributed by atoms with E-state index in [1.807, 2.05) is 0 Å². The molecule has 0 spiro atoms. The molecule has 3 unspecified atom stereocenters. The Balaban J connectivity index is 4.61. The molecular formula is C53H97NO5. The second kappa shape index (κ2) is 46.9. The Labute approximate surface area is 366 Å². The molecule has 1 amide bonds. The molecule has 0 aromatic carbocycles. The van der Waals surface area contributed by atoms with E-state index >= 15 is 0 Å². The van der Waals surface area contributed by atoms with Crippen LogP contribution < -0.4 is 5.32 Å². The number of ether oxygens (including phenoxy) is 1. The molecule has 59 heavy (non-hydrogen) atoms. The van der Waals surface area contributed by atoms with Crippen LogP contribution in [0.2, 0.25) is 0 Å². The molecule has 3 atom stereocenters. The maximum absolute atomic E-state index is 13.2. The fourth-order valence-electron chi connectivity index (χ4n) is 7.60. The van der Waals surface area contributed by atoms with Crippen LogP contribution in [0.4, 0.5) is 0 Å². The van der Waals surface area contributed by atoms with Gasteiger partial charge in [0.05, 0.1) is 25.2 Å². The molecule has 0 rings (SSSR count). The summed E-state index contributed by atoms with van der Waals surface area (Å²) >= 11 is 0. The monoisotopic (exact) mass is 828 g/mol. The molecule has 0 saturated carbocycles. The van der Waals surface area contributed by atoms with Gasteiger partial charge in [0.1, 0.15) is 6.10 Å². The largest absolute Gasteiger partial charge is 0.462 e. The molecule has 0 saturated heterocycles. The molecule has 3 N–H and O–H groups in total. The number of allylic oxidation sites excluding steroid dienone is 8. The molecule has 0 aliphatic heterocycles. The Morgan fingerprint density at radius 3 is 1.42 bits per heavy atom. The summed E-state index contributed by atoms with van der Waals surface area (Å²) < 4.78 is 5.93. The highest BCUT2D eigenvalue weighted by Crippen LogP contribution is 2.18. The Hall–Kier alpha value is -2.18. The van der Waals surface area contributed by atoms with E-state index in [0.717, 1.165) is 77.0 Å². The highest BCUT2D eigenvalue weighted by Gasteiger charge is 2.24. The minimum Gasteiger partial charge on any atom is -0.462 e. The van der Waals surface area contributed by atoms with Gasteiger partial charge in [-0.05, 0) is 70.6 Å². The van der Waals surface area contributed by atoms with Crippen molar-refractivity contribution in [3.05, 3.63) is 48.6 Å². The number of rotatable bonds is 45. The fourth-order valence-corrected chi connectivity index (χ4v) is 7.60. The minimum absolute atomic E-state index is 0.0675. The van der Waals surface area contributed by atoms with E-state index in [0.29, 0.717) is 19.3 Å². The third-order valence-corrected chi connectivity index (χ3v) is 11.5. The zero-order valence-electron chi connectivity index (χ0n) is 39.1. The number of nitrogens with one attached hydrogen (secondary N) is 1. The van der Waals surface area contributed by atoms with Crippen molar-refractivity contribution in [2.45, 2.75) is 270 Å². The summed E-state index contributed by atoms with van der Waals surface area (Å²) in [6.07, 6.45) is 56.0. The van der Waals surface area contributed by atoms with E-state index in [9.17, 15) is 19.8 Å². The first-order valence-electron chi connectivity index (χ1n) is 25.4. The van der Waals surface area contributed by atoms with Gasteiger partial charge >= 0.3 is 5.97 Å². The number of aliphatic hydroxyl groups excluding tert-OH is 2. The third kappa shape index (κ3) is 42.3. The molecule has 0 aliphatic rings. The second-order valence-electron chi connectivity index (χ2n) is 17.2. The van der Waals surface area contributed by atoms with Crippen molar-refractivity contribution in [2.24, 2.45) is 0 Å². The van der Waals surface area contributed by atoms with Crippen LogP contribution in [0.15, 0.2) is 48.6 Å². The van der Waals surface area contributed by atoms with Crippen LogP contribution in [0, 0.1) is 0 Å². The molecular weight excluding hydrogens is 731 g/mol. The average Bonchev–Trinajstić information content (AvgIpc) is 3.23. The van der Waals surface area contributed by atoms with Crippen LogP contribution in [0.1, 0.15) is 252 Å². The first kappa shape index (κ1) is 56.8. The van der Waals surface area contributed by atoms with Crippen molar-refractivity contribution in [3.63, 3.8) is 0 Å². The fraction of sp³-hybridized carbons (Fsp3) is 0.811. The summed E-state index contributed by atoms with van der Waals surface area (Å²) in [7, 11) is 0. The highest BCUT2D eigenvalue weighted by molar-refractivity contribution is 5.77. The van der Waals surface area contributed by atoms with Gasteiger partial charge in [-0.25, -0.2) is 0 Å². The van der Waals surface area contributed by atoms with E-state index < -0.39 is 18.2 Å². The average molecular weight is 828 g/mol. The number of hydrogen-bond acceptors (Lipinski definition) is 5. The second-order valence-corrected chi connectivity index (χ2v) is 17.2. The SMILES string of the molecule is CC/C=C/C=C/C=C/CCCCCCCCCC(=O)OC(CCCCCCC/C=C/CCCCCCCC)CC(=O)NC(CO)C(O)CCCCCCCCCCCC. The van der Waals surface area contributed by atoms with Gasteiger partial charge in [0, 0.05) is 6.42 Å². The van der Waals surface area contributed by atoms with Gasteiger partial charge in [0.15, 0.2) is 0 Å². The van der Waals surface area contributed by atoms with E-state index in [1.54, 1.807) is 0 Å². The molecule has 0 radical (unpaired) electrons. The zero-order chi connectivity index (χ0) is 43.1. The van der Waals surface area contributed by atoms with Crippen LogP contribution in [0.25, 0.3) is 0 Å². The van der Waals surface area contributed by atoms with Crippen LogP contribution in [0.3, 0.4) is 0 Å². The molecule has 6 nitrogen and oxygen atoms in total. The molecule has 0 aromatic heterocycles. The van der Waals surface area contributed by atoms with Crippen molar-refractivity contribution in [1.29, 1.82) is 0 Å². The lowest BCUT2D eigenvalue weighted by Gasteiger charge is -2.24. The highest BCUT2D eigenvalue weighted by atomic mass is 16.5. The number of esters is 1. The molecule has 0 aromatic rings. The van der Waals surface area contributed by atoms with Gasteiger partial charge in [-0.2, -0.15) is 0 Å². The predicted octanol–water partition coefficient (Wildman–Crippen LogP) is 15.1. The van der Waals surface area contributed by atoms with E-state index in [-0.39, 0.29) is 24.9 Å². The summed E-state index contributed by atoms with van der Waals surface area (Å²) in [5.74, 6) is -0.492. The first-order chi connectivity index (χ1) is 29.0. The first-order valence-corrected chi connectivity index (χ1v) is 25.4. The Bertz CT molecular complexity index is 1020. The number of amides is 1. The van der Waals surface area contributed by atoms with E-state index in [1.165, 1.54) is 128 Å². The van der Waals surface area contributed by atoms with Crippen LogP contribution >= 0.6 is 0 Å². The number of carbonyl (C=O) groups is 2. The normalized spacial score (nSPS) is 13.6. The summed E-state index contributed by atoms with van der Waals surface area (Å²) in [6.45, 7) is 6.34. The Morgan fingerprint density at radius 1 is 0.508 bits per heavy atom. The van der Waals surface area contributed by atoms with Crippen LogP contribution in [0.5, 0.6) is 0 Å². The summed E-state index contributed by atoms with van der Waals surface area (Å²) in [5.41, 5.74) is 0. The van der Waals surface area contributed by atoms with Gasteiger partial charge in [0.2, 0.25) is 5.91 Å². The van der Waals surface area contributed by atoms with Crippen molar-refractivity contribution in [2.75, 3.05) is 6.61 Å². The summed E-state index contributed by atoms with van der Waals surface area (Å²) in [4.78, 5) is 26.1. The predicted molar refractivity (Wildman–Crippen MR) is 255 cm³/mol. The number of carbonyl (C=O) groups excluding carboxylic acids is 2. The standard InChI is InChI=1S/C53H97NO5/c1-4-7-10-13-16-19-22-24-26-28-30-32-35-38-41-44-49(59-53(58)46-43-40-37-34-31-29-27-25-23-20-17-14-11-8-5-2)47-52(57)54-50(48-55)51(56)45-42-39-36-33-21-18-15-12-9-6-3/h8,11,14,17,20,23-24,26,49-51,55-56H,4-7,9-10,12-13,15-16,18-19,21-22,25,27-48H2,1-3H3,(H,54,57)/b11-8+,17-14+,23-20+,26-24+. The number of unbranched alkanes of at least 4 members (excludes halogenated alkanes) is 27. The molecule has 6 heteroatoms. The summed E-state index contributed by atoms with van der Waals surface area (Å²) in [6, 6.07) is -0.705. The van der Waals surface area contributed by atoms with Gasteiger partial charge < -0.3 is 20.3 Å². The smallest absolute Gasteiger partial charge is 0.306 e. The lowest BCUT2D eigenvalue weighted by atomic mass is 10.0. The van der Waals surface area contributed by atoms with E-state index in [4.69, 9.17) is 4.74 Å². The lowest BCUT2D eigenvalue weighted by molar-refractivity contribution is -0.151. The van der Waals surface area contributed by atoms with Gasteiger partial charge in [0.25, 0.3) is 0 Å². The van der Waals surface area contributed by atoms with Gasteiger partial charge in [-0.15, -0.1) is 0 Å². The van der Waals surface area contributed by atoms with Crippen molar-refractivity contribution in [3.8, 4) is 0 Å². The minimum atomic E-state index is -0.790. The van der Waals surface area contributed by atoms with Crippen LogP contribution in [-0.2, 0) is 14.3 Å². The molecule has 0 heterocycles. The molecule has 0 fully saturated rings. The maximum Gasteiger partial charge on any atom is 0.306 e. The van der Waals surface area contributed by atoms with Crippen molar-refractivity contribution in [1.82, 2.24) is 5.32 Å². The molecule has 0 bridgehead atoms. The van der Waals surface area contributed by atoms with E-state index in [2.05, 4.69) is 74.7 Å². The van der Waals surface area contributed by atoms with Crippen LogP contribution in [-0.4, -0.2) is 46.9 Å². The summed E-state index contributed by atoms with van der Waals surface area (Å²) in [5, 5.41) is 23.7. The topological polar surface area (TPSA) is 95.9 Å². The number of hydrogen-bond donors (Lipinski definition) is 3. The zero-order valence-corrected chi connectivity index (χ0v) is 39.1. The number of aliphatic hydroxyl groups is 2. The maximum atomic E-state index is 13.2.